The van der Waals surface area contributed by atoms with Crippen molar-refractivity contribution in [1.29, 1.82) is 0 Å². The predicted molar refractivity (Wildman–Crippen MR) is 186 cm³/mol. The maximum atomic E-state index is 14.2. The molecule has 2 aliphatic carbocycles. The van der Waals surface area contributed by atoms with E-state index < -0.39 is 48.0 Å². The first-order chi connectivity index (χ1) is 24.3. The molecule has 2 heterocycles. The minimum Gasteiger partial charge on any atom is -0.460 e. The standard InChI is InChI=1S/C38H53F2N3O8/c1-38(2,3)51-37(47)42-31(33(39)40)24-11-13-25(14-12-24)35(45)43-18-17-28(23-9-6-5-7-10-23)32(43)34(44)41-27-15-16-29-26(21-27)22-30(50-29)36(46)49-20-8-19-48-4/h15-16,21-25,28,31-33H,5-14,17-20H2,1-4H3,(H,41,44)(H,42,47)/t24-,25-,28-,31-,32-/m0/s1. The Kier molecular flexibility index (Phi) is 13.0. The number of alkyl halides is 2. The van der Waals surface area contributed by atoms with E-state index in [1.807, 2.05) is 0 Å². The van der Waals surface area contributed by atoms with Gasteiger partial charge in [0.2, 0.25) is 17.6 Å². The van der Waals surface area contributed by atoms with Crippen molar-refractivity contribution in [2.75, 3.05) is 32.2 Å². The highest BCUT2D eigenvalue weighted by Gasteiger charge is 2.47. The summed E-state index contributed by atoms with van der Waals surface area (Å²) in [6, 6.07) is 4.69. The molecule has 0 unspecified atom stereocenters. The zero-order valence-electron chi connectivity index (χ0n) is 30.2. The number of furan rings is 1. The second-order valence-corrected chi connectivity index (χ2v) is 15.3. The highest BCUT2D eigenvalue weighted by atomic mass is 19.3. The summed E-state index contributed by atoms with van der Waals surface area (Å²) in [6.45, 7) is 6.16. The zero-order chi connectivity index (χ0) is 36.7. The Labute approximate surface area is 298 Å². The summed E-state index contributed by atoms with van der Waals surface area (Å²) in [5, 5.41) is 6.04. The third-order valence-electron chi connectivity index (χ3n) is 10.5. The van der Waals surface area contributed by atoms with Gasteiger partial charge >= 0.3 is 12.1 Å². The number of likely N-dealkylation sites (tertiary alicyclic amines) is 1. The molecule has 2 saturated carbocycles. The number of nitrogens with one attached hydrogen (secondary N) is 2. The molecule has 1 saturated heterocycles. The first-order valence-electron chi connectivity index (χ1n) is 18.4. The van der Waals surface area contributed by atoms with E-state index in [-0.39, 0.29) is 30.1 Å². The lowest BCUT2D eigenvalue weighted by atomic mass is 9.76. The van der Waals surface area contributed by atoms with E-state index in [2.05, 4.69) is 10.6 Å². The Morgan fingerprint density at radius 1 is 0.961 bits per heavy atom. The van der Waals surface area contributed by atoms with Crippen molar-refractivity contribution >= 4 is 40.5 Å². The van der Waals surface area contributed by atoms with Crippen molar-refractivity contribution in [3.63, 3.8) is 0 Å². The Hall–Kier alpha value is -3.74. The van der Waals surface area contributed by atoms with Gasteiger partial charge in [0.1, 0.15) is 17.2 Å². The molecule has 5 rings (SSSR count). The topological polar surface area (TPSA) is 136 Å². The monoisotopic (exact) mass is 717 g/mol. The first-order valence-corrected chi connectivity index (χ1v) is 18.4. The number of halogens is 2. The van der Waals surface area contributed by atoms with Gasteiger partial charge in [0.15, 0.2) is 0 Å². The van der Waals surface area contributed by atoms with Crippen LogP contribution in [0, 0.1) is 23.7 Å². The summed E-state index contributed by atoms with van der Waals surface area (Å²) in [6.07, 6.45) is 4.56. The van der Waals surface area contributed by atoms with Gasteiger partial charge in [0.05, 0.1) is 12.6 Å². The molecule has 0 spiro atoms. The number of hydrogen-bond acceptors (Lipinski definition) is 8. The zero-order valence-corrected chi connectivity index (χ0v) is 30.2. The number of hydrogen-bond donors (Lipinski definition) is 2. The van der Waals surface area contributed by atoms with Gasteiger partial charge in [-0.3, -0.25) is 9.59 Å². The number of methoxy groups -OCH3 is 1. The summed E-state index contributed by atoms with van der Waals surface area (Å²) >= 11 is 0. The van der Waals surface area contributed by atoms with Crippen molar-refractivity contribution in [3.8, 4) is 0 Å². The van der Waals surface area contributed by atoms with Crippen LogP contribution in [0.4, 0.5) is 19.3 Å². The average molecular weight is 718 g/mol. The van der Waals surface area contributed by atoms with Gasteiger partial charge in [-0.15, -0.1) is 0 Å². The highest BCUT2D eigenvalue weighted by molar-refractivity contribution is 6.00. The molecular formula is C38H53F2N3O8. The second-order valence-electron chi connectivity index (χ2n) is 15.3. The Morgan fingerprint density at radius 3 is 2.35 bits per heavy atom. The number of alkyl carbamates (subject to hydrolysis) is 1. The molecule has 0 bridgehead atoms. The molecule has 11 nitrogen and oxygen atoms in total. The van der Waals surface area contributed by atoms with Crippen LogP contribution in [0.1, 0.15) is 102 Å². The normalized spacial score (nSPS) is 23.6. The van der Waals surface area contributed by atoms with Crippen molar-refractivity contribution < 1.29 is 46.6 Å². The second kappa shape index (κ2) is 17.2. The van der Waals surface area contributed by atoms with E-state index in [1.54, 1.807) is 57.0 Å². The van der Waals surface area contributed by atoms with Gasteiger partial charge < -0.3 is 34.2 Å². The minimum absolute atomic E-state index is 0.0176. The van der Waals surface area contributed by atoms with Crippen LogP contribution >= 0.6 is 0 Å². The number of carbonyl (C=O) groups is 4. The number of anilines is 1. The van der Waals surface area contributed by atoms with E-state index >= 15 is 0 Å². The third kappa shape index (κ3) is 9.99. The summed E-state index contributed by atoms with van der Waals surface area (Å²) in [4.78, 5) is 54.8. The first kappa shape index (κ1) is 38.5. The summed E-state index contributed by atoms with van der Waals surface area (Å²) in [5.41, 5.74) is 0.177. The van der Waals surface area contributed by atoms with Crippen LogP contribution in [0.2, 0.25) is 0 Å². The predicted octanol–water partition coefficient (Wildman–Crippen LogP) is 7.33. The minimum atomic E-state index is -2.77. The SMILES string of the molecule is COCCCOC(=O)c1cc2cc(NC(=O)[C@@H]3[C@H](C4CCCCC4)CCN3C(=O)[C@H]3CC[C@H]([C@H](NC(=O)OC(C)(C)C)C(F)F)CC3)ccc2o1. The van der Waals surface area contributed by atoms with Crippen LogP contribution in [-0.2, 0) is 23.8 Å². The van der Waals surface area contributed by atoms with Gasteiger partial charge in [0, 0.05) is 43.7 Å². The molecule has 282 valence electrons. The van der Waals surface area contributed by atoms with Crippen LogP contribution in [-0.4, -0.2) is 79.8 Å². The molecule has 1 aromatic carbocycles. The fourth-order valence-electron chi connectivity index (χ4n) is 8.12. The van der Waals surface area contributed by atoms with Crippen LogP contribution in [0.15, 0.2) is 28.7 Å². The van der Waals surface area contributed by atoms with Crippen LogP contribution in [0.25, 0.3) is 11.0 Å². The van der Waals surface area contributed by atoms with E-state index in [4.69, 9.17) is 18.6 Å². The summed E-state index contributed by atoms with van der Waals surface area (Å²) in [7, 11) is 1.58. The number of amides is 3. The van der Waals surface area contributed by atoms with Gasteiger partial charge in [-0.05, 0) is 94.9 Å². The molecule has 0 radical (unpaired) electrons. The largest absolute Gasteiger partial charge is 0.460 e. The smallest absolute Gasteiger partial charge is 0.408 e. The average Bonchev–Trinajstić information content (AvgIpc) is 3.73. The maximum absolute atomic E-state index is 14.2. The number of carbonyl (C=O) groups excluding carboxylic acids is 4. The van der Waals surface area contributed by atoms with E-state index in [1.165, 1.54) is 6.42 Å². The summed E-state index contributed by atoms with van der Waals surface area (Å²) in [5.74, 6) is -1.43. The summed E-state index contributed by atoms with van der Waals surface area (Å²) < 4.78 is 49.3. The molecule has 13 heteroatoms. The number of esters is 1. The molecule has 3 aliphatic rings. The van der Waals surface area contributed by atoms with Gasteiger partial charge in [0.25, 0.3) is 6.43 Å². The quantitative estimate of drug-likeness (QED) is 0.172. The van der Waals surface area contributed by atoms with Crippen molar-refractivity contribution in [2.45, 2.75) is 116 Å². The number of ether oxygens (including phenoxy) is 3. The van der Waals surface area contributed by atoms with Crippen molar-refractivity contribution in [1.82, 2.24) is 10.2 Å². The van der Waals surface area contributed by atoms with E-state index in [0.717, 1.165) is 32.1 Å². The molecule has 3 atom stereocenters. The lowest BCUT2D eigenvalue weighted by Crippen LogP contribution is -2.51. The molecule has 2 N–H and O–H groups in total. The number of rotatable bonds is 12. The lowest BCUT2D eigenvalue weighted by Gasteiger charge is -2.37. The van der Waals surface area contributed by atoms with E-state index in [9.17, 15) is 28.0 Å². The van der Waals surface area contributed by atoms with Crippen LogP contribution < -0.4 is 10.6 Å². The third-order valence-corrected chi connectivity index (χ3v) is 10.5. The Bertz CT molecular complexity index is 1510. The van der Waals surface area contributed by atoms with E-state index in [0.29, 0.717) is 67.8 Å². The molecule has 1 aliphatic heterocycles. The van der Waals surface area contributed by atoms with Crippen molar-refractivity contribution in [2.24, 2.45) is 23.7 Å². The molecule has 2 aromatic rings. The Morgan fingerprint density at radius 2 is 1.69 bits per heavy atom. The number of benzene rings is 1. The Balaban J connectivity index is 1.26. The molecule has 3 fully saturated rings. The van der Waals surface area contributed by atoms with Gasteiger partial charge in [-0.2, -0.15) is 0 Å². The fraction of sp³-hybridized carbons (Fsp3) is 0.684. The molecule has 3 amide bonds. The lowest BCUT2D eigenvalue weighted by molar-refractivity contribution is -0.142. The van der Waals surface area contributed by atoms with Crippen LogP contribution in [0.3, 0.4) is 0 Å². The van der Waals surface area contributed by atoms with Crippen molar-refractivity contribution in [3.05, 3.63) is 30.0 Å². The number of nitrogens with zero attached hydrogens (tertiary/aromatic N) is 1. The molecule has 51 heavy (non-hydrogen) atoms. The van der Waals surface area contributed by atoms with Gasteiger partial charge in [-0.25, -0.2) is 18.4 Å². The molecule has 1 aromatic heterocycles. The van der Waals surface area contributed by atoms with Gasteiger partial charge in [-0.1, -0.05) is 32.1 Å². The maximum Gasteiger partial charge on any atom is 0.408 e. The highest BCUT2D eigenvalue weighted by Crippen LogP contribution is 2.42. The number of fused-ring (bicyclic) bond motifs is 1. The fourth-order valence-corrected chi connectivity index (χ4v) is 8.12. The van der Waals surface area contributed by atoms with Crippen LogP contribution in [0.5, 0.6) is 0 Å². The molecular weight excluding hydrogens is 664 g/mol.